The summed E-state index contributed by atoms with van der Waals surface area (Å²) >= 11 is 6.18. The molecule has 1 heterocycles. The van der Waals surface area contributed by atoms with Crippen LogP contribution in [0.25, 0.3) is 0 Å². The van der Waals surface area contributed by atoms with E-state index < -0.39 is 0 Å². The highest BCUT2D eigenvalue weighted by molar-refractivity contribution is 6.30. The lowest BCUT2D eigenvalue weighted by molar-refractivity contribution is -0.124. The van der Waals surface area contributed by atoms with Crippen molar-refractivity contribution >= 4 is 17.5 Å². The number of carbonyl (C=O) groups is 1. The van der Waals surface area contributed by atoms with Crippen LogP contribution in [0.15, 0.2) is 0 Å². The van der Waals surface area contributed by atoms with Crippen molar-refractivity contribution in [1.82, 2.24) is 20.0 Å². The van der Waals surface area contributed by atoms with E-state index in [1.54, 1.807) is 11.7 Å². The minimum Gasteiger partial charge on any atom is -0.359 e. The Morgan fingerprint density at radius 2 is 2.22 bits per heavy atom. The van der Waals surface area contributed by atoms with Gasteiger partial charge in [0.1, 0.15) is 5.15 Å². The number of aromatic nitrogens is 2. The molecule has 0 saturated carbocycles. The lowest BCUT2D eigenvalue weighted by atomic mass is 10.1. The van der Waals surface area contributed by atoms with Gasteiger partial charge >= 0.3 is 0 Å². The summed E-state index contributed by atoms with van der Waals surface area (Å²) in [5.41, 5.74) is 1.95. The highest BCUT2D eigenvalue weighted by Gasteiger charge is 2.17. The number of hydrogen-bond donors (Lipinski definition) is 1. The number of nitrogens with one attached hydrogen (secondary N) is 1. The van der Waals surface area contributed by atoms with Gasteiger partial charge in [-0.05, 0) is 14.0 Å². The fourth-order valence-electron chi connectivity index (χ4n) is 1.98. The van der Waals surface area contributed by atoms with Crippen LogP contribution in [0.4, 0.5) is 0 Å². The molecule has 6 heteroatoms. The number of amides is 1. The van der Waals surface area contributed by atoms with Crippen molar-refractivity contribution < 1.29 is 4.79 Å². The van der Waals surface area contributed by atoms with E-state index in [4.69, 9.17) is 11.6 Å². The van der Waals surface area contributed by atoms with Crippen molar-refractivity contribution in [3.05, 3.63) is 16.4 Å². The van der Waals surface area contributed by atoms with Crippen molar-refractivity contribution in [2.24, 2.45) is 13.0 Å². The predicted molar refractivity (Wildman–Crippen MR) is 72.5 cm³/mol. The SMILES string of the molecule is CNC(=O)C(C)CN(C)Cc1c(C)nn(C)c1Cl. The third-order valence-corrected chi connectivity index (χ3v) is 3.45. The van der Waals surface area contributed by atoms with Crippen LogP contribution < -0.4 is 5.32 Å². The largest absolute Gasteiger partial charge is 0.359 e. The van der Waals surface area contributed by atoms with E-state index in [-0.39, 0.29) is 11.8 Å². The lowest BCUT2D eigenvalue weighted by Gasteiger charge is -2.20. The van der Waals surface area contributed by atoms with Crippen LogP contribution in [0.1, 0.15) is 18.2 Å². The summed E-state index contributed by atoms with van der Waals surface area (Å²) in [6.07, 6.45) is 0. The second-order valence-electron chi connectivity index (χ2n) is 4.69. The number of halogens is 1. The Hall–Kier alpha value is -1.07. The predicted octanol–water partition coefficient (Wildman–Crippen LogP) is 1.20. The van der Waals surface area contributed by atoms with Crippen LogP contribution >= 0.6 is 11.6 Å². The maximum Gasteiger partial charge on any atom is 0.223 e. The molecule has 1 rings (SSSR count). The van der Waals surface area contributed by atoms with E-state index in [1.807, 2.05) is 27.9 Å². The van der Waals surface area contributed by atoms with Gasteiger partial charge in [0.15, 0.2) is 0 Å². The summed E-state index contributed by atoms with van der Waals surface area (Å²) in [6, 6.07) is 0. The van der Waals surface area contributed by atoms with Crippen molar-refractivity contribution in [1.29, 1.82) is 0 Å². The molecular formula is C12H21ClN4O. The van der Waals surface area contributed by atoms with Gasteiger partial charge in [-0.15, -0.1) is 0 Å². The molecular weight excluding hydrogens is 252 g/mol. The fraction of sp³-hybridized carbons (Fsp3) is 0.667. The van der Waals surface area contributed by atoms with Crippen molar-refractivity contribution in [2.75, 3.05) is 20.6 Å². The van der Waals surface area contributed by atoms with E-state index in [1.165, 1.54) is 0 Å². The Morgan fingerprint density at radius 3 is 2.67 bits per heavy atom. The van der Waals surface area contributed by atoms with Crippen molar-refractivity contribution in [3.63, 3.8) is 0 Å². The maximum absolute atomic E-state index is 11.5. The summed E-state index contributed by atoms with van der Waals surface area (Å²) in [5.74, 6) is 0.00612. The number of nitrogens with zero attached hydrogens (tertiary/aromatic N) is 3. The maximum atomic E-state index is 11.5. The third kappa shape index (κ3) is 3.46. The van der Waals surface area contributed by atoms with Crippen LogP contribution in [-0.2, 0) is 18.4 Å². The molecule has 0 spiro atoms. The van der Waals surface area contributed by atoms with Gasteiger partial charge < -0.3 is 10.2 Å². The summed E-state index contributed by atoms with van der Waals surface area (Å²) in [5, 5.41) is 7.58. The molecule has 0 bridgehead atoms. The molecule has 1 atom stereocenters. The smallest absolute Gasteiger partial charge is 0.223 e. The van der Waals surface area contributed by atoms with Gasteiger partial charge in [0.25, 0.3) is 0 Å². The van der Waals surface area contributed by atoms with Gasteiger partial charge in [-0.2, -0.15) is 5.10 Å². The van der Waals surface area contributed by atoms with Gasteiger partial charge in [0.05, 0.1) is 5.69 Å². The molecule has 0 aliphatic heterocycles. The molecule has 18 heavy (non-hydrogen) atoms. The summed E-state index contributed by atoms with van der Waals surface area (Å²) < 4.78 is 1.67. The van der Waals surface area contributed by atoms with E-state index in [0.29, 0.717) is 18.2 Å². The van der Waals surface area contributed by atoms with Crippen molar-refractivity contribution in [3.8, 4) is 0 Å². The van der Waals surface area contributed by atoms with Crippen LogP contribution in [0, 0.1) is 12.8 Å². The molecule has 1 unspecified atom stereocenters. The minimum absolute atomic E-state index is 0.0456. The molecule has 0 saturated heterocycles. The van der Waals surface area contributed by atoms with E-state index in [0.717, 1.165) is 11.3 Å². The zero-order valence-electron chi connectivity index (χ0n) is 11.6. The monoisotopic (exact) mass is 272 g/mol. The third-order valence-electron chi connectivity index (χ3n) is 2.98. The number of aryl methyl sites for hydroxylation is 2. The first-order chi connectivity index (χ1) is 8.36. The molecule has 1 amide bonds. The van der Waals surface area contributed by atoms with Gasteiger partial charge in [-0.25, -0.2) is 0 Å². The van der Waals surface area contributed by atoms with Crippen LogP contribution in [0.2, 0.25) is 5.15 Å². The standard InChI is InChI=1S/C12H21ClN4O/c1-8(12(18)14-3)6-16(4)7-10-9(2)15-17(5)11(10)13/h8H,6-7H2,1-5H3,(H,14,18). The molecule has 0 aliphatic carbocycles. The molecule has 1 N–H and O–H groups in total. The van der Waals surface area contributed by atoms with Gasteiger partial charge in [-0.3, -0.25) is 9.48 Å². The Kier molecular flexibility index (Phi) is 5.16. The topological polar surface area (TPSA) is 50.2 Å². The van der Waals surface area contributed by atoms with Gasteiger partial charge in [-0.1, -0.05) is 18.5 Å². The first kappa shape index (κ1) is 15.0. The number of hydrogen-bond acceptors (Lipinski definition) is 3. The molecule has 0 aromatic carbocycles. The van der Waals surface area contributed by atoms with E-state index in [2.05, 4.69) is 15.3 Å². The summed E-state index contributed by atoms with van der Waals surface area (Å²) in [7, 11) is 5.45. The molecule has 0 radical (unpaired) electrons. The van der Waals surface area contributed by atoms with Crippen molar-refractivity contribution in [2.45, 2.75) is 20.4 Å². The molecule has 1 aromatic rings. The Labute approximate surface area is 113 Å². The average Bonchev–Trinajstić information content (AvgIpc) is 2.54. The Morgan fingerprint density at radius 1 is 1.61 bits per heavy atom. The zero-order valence-corrected chi connectivity index (χ0v) is 12.4. The second-order valence-corrected chi connectivity index (χ2v) is 5.05. The fourth-order valence-corrected chi connectivity index (χ4v) is 2.22. The van der Waals surface area contributed by atoms with E-state index >= 15 is 0 Å². The van der Waals surface area contributed by atoms with Crippen LogP contribution in [-0.4, -0.2) is 41.2 Å². The minimum atomic E-state index is -0.0456. The first-order valence-corrected chi connectivity index (χ1v) is 6.32. The number of rotatable bonds is 5. The lowest BCUT2D eigenvalue weighted by Crippen LogP contribution is -2.34. The molecule has 0 aliphatic rings. The normalized spacial score (nSPS) is 12.8. The van der Waals surface area contributed by atoms with Crippen LogP contribution in [0.5, 0.6) is 0 Å². The Balaban J connectivity index is 2.65. The van der Waals surface area contributed by atoms with Gasteiger partial charge in [0.2, 0.25) is 5.91 Å². The molecule has 1 aromatic heterocycles. The second kappa shape index (κ2) is 6.20. The summed E-state index contributed by atoms with van der Waals surface area (Å²) in [4.78, 5) is 13.5. The highest BCUT2D eigenvalue weighted by atomic mass is 35.5. The first-order valence-electron chi connectivity index (χ1n) is 5.95. The molecule has 102 valence electrons. The van der Waals surface area contributed by atoms with E-state index in [9.17, 15) is 4.79 Å². The molecule has 0 fully saturated rings. The number of carbonyl (C=O) groups excluding carboxylic acids is 1. The highest BCUT2D eigenvalue weighted by Crippen LogP contribution is 2.20. The summed E-state index contributed by atoms with van der Waals surface area (Å²) in [6.45, 7) is 5.23. The average molecular weight is 273 g/mol. The quantitative estimate of drug-likeness (QED) is 0.876. The molecule has 5 nitrogen and oxygen atoms in total. The van der Waals surface area contributed by atoms with Gasteiger partial charge in [0, 0.05) is 38.7 Å². The zero-order chi connectivity index (χ0) is 13.9. The Bertz CT molecular complexity index is 430. The van der Waals surface area contributed by atoms with Crippen LogP contribution in [0.3, 0.4) is 0 Å².